The van der Waals surface area contributed by atoms with Crippen molar-refractivity contribution < 1.29 is 22.7 Å². The second-order valence-electron chi connectivity index (χ2n) is 3.57. The molecule has 0 saturated carbocycles. The molecule has 0 aromatic heterocycles. The van der Waals surface area contributed by atoms with E-state index in [4.69, 9.17) is 9.53 Å². The van der Waals surface area contributed by atoms with Crippen LogP contribution in [0.4, 0.5) is 13.2 Å². The Morgan fingerprint density at radius 3 is 2.32 bits per heavy atom. The molecule has 0 heterocycles. The van der Waals surface area contributed by atoms with Crippen LogP contribution in [0.25, 0.3) is 0 Å². The van der Waals surface area contributed by atoms with Crippen molar-refractivity contribution >= 4 is 28.5 Å². The number of hydrogen-bond acceptors (Lipinski definition) is 2. The van der Waals surface area contributed by atoms with Crippen LogP contribution in [0.2, 0.25) is 0 Å². The first-order chi connectivity index (χ1) is 8.72. The predicted octanol–water partition coefficient (Wildman–Crippen LogP) is 3.29. The number of rotatable bonds is 3. The van der Waals surface area contributed by atoms with Crippen LogP contribution in [0.15, 0.2) is 18.2 Å². The van der Waals surface area contributed by atoms with Gasteiger partial charge >= 0.3 is 12.1 Å². The van der Waals surface area contributed by atoms with E-state index in [0.29, 0.717) is 0 Å². The highest BCUT2D eigenvalue weighted by molar-refractivity contribution is 14.1. The minimum Gasteiger partial charge on any atom is -0.497 e. The molecular weight excluding hydrogens is 374 g/mol. The smallest absolute Gasteiger partial charge is 0.470 e. The molecule has 2 N–H and O–H groups in total. The Morgan fingerprint density at radius 2 is 1.95 bits per heavy atom. The number of primary amides is 1. The molecule has 1 aromatic carbocycles. The van der Waals surface area contributed by atoms with E-state index < -0.39 is 12.1 Å². The summed E-state index contributed by atoms with van der Waals surface area (Å²) in [5, 5.41) is 0. The summed E-state index contributed by atoms with van der Waals surface area (Å²) in [7, 11) is 1.71. The molecule has 0 aliphatic rings. The predicted molar refractivity (Wildman–Crippen MR) is 75.0 cm³/mol. The summed E-state index contributed by atoms with van der Waals surface area (Å²) in [4.78, 5) is 9.12. The first-order valence-electron chi connectivity index (χ1n) is 5.41. The second kappa shape index (κ2) is 8.23. The number of carbonyl (C=O) groups is 1. The molecule has 0 unspecified atom stereocenters. The van der Waals surface area contributed by atoms with Gasteiger partial charge in [-0.2, -0.15) is 13.2 Å². The molecule has 0 aliphatic heterocycles. The Labute approximate surface area is 123 Å². The molecule has 0 atom stereocenters. The third kappa shape index (κ3) is 7.24. The van der Waals surface area contributed by atoms with Crippen LogP contribution in [0.3, 0.4) is 0 Å². The topological polar surface area (TPSA) is 52.3 Å². The van der Waals surface area contributed by atoms with Gasteiger partial charge in [0.15, 0.2) is 0 Å². The standard InChI is InChI=1S/C10H13IO.C2H2F3NO/c1-3-4-8-7-9(12-2)5-6-10(8)11;3-2(4,5)1(6)7/h5-7H,3-4H2,1-2H3;(H2,6,7). The highest BCUT2D eigenvalue weighted by Crippen LogP contribution is 2.20. The van der Waals surface area contributed by atoms with Crippen molar-refractivity contribution in [3.8, 4) is 5.75 Å². The molecule has 0 aliphatic carbocycles. The quantitative estimate of drug-likeness (QED) is 0.807. The van der Waals surface area contributed by atoms with E-state index in [-0.39, 0.29) is 0 Å². The largest absolute Gasteiger partial charge is 0.497 e. The van der Waals surface area contributed by atoms with Crippen molar-refractivity contribution in [2.24, 2.45) is 5.73 Å². The summed E-state index contributed by atoms with van der Waals surface area (Å²) in [6.45, 7) is 2.19. The zero-order valence-electron chi connectivity index (χ0n) is 10.6. The molecule has 19 heavy (non-hydrogen) atoms. The highest BCUT2D eigenvalue weighted by Gasteiger charge is 2.35. The lowest BCUT2D eigenvalue weighted by Crippen LogP contribution is -2.30. The van der Waals surface area contributed by atoms with Gasteiger partial charge in [0.2, 0.25) is 0 Å². The van der Waals surface area contributed by atoms with E-state index in [1.807, 2.05) is 6.07 Å². The van der Waals surface area contributed by atoms with E-state index in [9.17, 15) is 13.2 Å². The van der Waals surface area contributed by atoms with Crippen LogP contribution in [0.1, 0.15) is 18.9 Å². The van der Waals surface area contributed by atoms with Crippen LogP contribution >= 0.6 is 22.6 Å². The number of amides is 1. The molecule has 7 heteroatoms. The van der Waals surface area contributed by atoms with Gasteiger partial charge in [-0.1, -0.05) is 13.3 Å². The van der Waals surface area contributed by atoms with E-state index in [2.05, 4.69) is 47.4 Å². The van der Waals surface area contributed by atoms with Gasteiger partial charge in [0, 0.05) is 3.57 Å². The number of aryl methyl sites for hydroxylation is 1. The summed E-state index contributed by atoms with van der Waals surface area (Å²) < 4.78 is 38.6. The molecule has 0 spiro atoms. The van der Waals surface area contributed by atoms with Crippen LogP contribution in [0.5, 0.6) is 5.75 Å². The Balaban J connectivity index is 0.000000399. The minimum absolute atomic E-state index is 0.957. The summed E-state index contributed by atoms with van der Waals surface area (Å²) in [6.07, 6.45) is -2.54. The molecule has 108 valence electrons. The van der Waals surface area contributed by atoms with Crippen molar-refractivity contribution in [1.82, 2.24) is 0 Å². The number of nitrogens with two attached hydrogens (primary N) is 1. The Morgan fingerprint density at radius 1 is 1.42 bits per heavy atom. The lowest BCUT2D eigenvalue weighted by molar-refractivity contribution is -0.169. The Bertz CT molecular complexity index is 422. The van der Waals surface area contributed by atoms with Gasteiger partial charge in [-0.3, -0.25) is 4.79 Å². The normalized spacial score (nSPS) is 10.4. The minimum atomic E-state index is -4.86. The first kappa shape index (κ1) is 18.0. The highest BCUT2D eigenvalue weighted by atomic mass is 127. The average Bonchev–Trinajstić information content (AvgIpc) is 2.32. The summed E-state index contributed by atoms with van der Waals surface area (Å²) in [5.41, 5.74) is 5.19. The summed E-state index contributed by atoms with van der Waals surface area (Å²) in [6, 6.07) is 6.22. The number of alkyl halides is 3. The van der Waals surface area contributed by atoms with Gasteiger partial charge in [0.05, 0.1) is 7.11 Å². The average molecular weight is 389 g/mol. The number of carbonyl (C=O) groups excluding carboxylic acids is 1. The van der Waals surface area contributed by atoms with Gasteiger partial charge < -0.3 is 10.5 Å². The van der Waals surface area contributed by atoms with Crippen molar-refractivity contribution in [3.63, 3.8) is 0 Å². The van der Waals surface area contributed by atoms with E-state index >= 15 is 0 Å². The molecule has 0 radical (unpaired) electrons. The fourth-order valence-electron chi connectivity index (χ4n) is 1.14. The monoisotopic (exact) mass is 389 g/mol. The molecule has 0 fully saturated rings. The lowest BCUT2D eigenvalue weighted by atomic mass is 10.1. The summed E-state index contributed by atoms with van der Waals surface area (Å²) >= 11 is 2.36. The van der Waals surface area contributed by atoms with Crippen molar-refractivity contribution in [2.75, 3.05) is 7.11 Å². The van der Waals surface area contributed by atoms with Crippen molar-refractivity contribution in [2.45, 2.75) is 25.9 Å². The maximum Gasteiger partial charge on any atom is 0.470 e. The first-order valence-corrected chi connectivity index (χ1v) is 6.49. The van der Waals surface area contributed by atoms with E-state index in [1.165, 1.54) is 15.6 Å². The number of halogens is 4. The lowest BCUT2D eigenvalue weighted by Gasteiger charge is -2.05. The SMILES string of the molecule is CCCc1cc(OC)ccc1I.NC(=O)C(F)(F)F. The molecule has 1 amide bonds. The van der Waals surface area contributed by atoms with E-state index in [0.717, 1.165) is 12.2 Å². The summed E-state index contributed by atoms with van der Waals surface area (Å²) in [5.74, 6) is -1.30. The van der Waals surface area contributed by atoms with Crippen molar-refractivity contribution in [1.29, 1.82) is 0 Å². The van der Waals surface area contributed by atoms with Crippen molar-refractivity contribution in [3.05, 3.63) is 27.3 Å². The molecule has 1 rings (SSSR count). The maximum absolute atomic E-state index is 10.7. The Kier molecular flexibility index (Phi) is 7.81. The third-order valence-electron chi connectivity index (χ3n) is 2.05. The zero-order chi connectivity index (χ0) is 15.1. The number of hydrogen-bond donors (Lipinski definition) is 1. The molecule has 0 bridgehead atoms. The molecule has 3 nitrogen and oxygen atoms in total. The Hall–Kier alpha value is -0.990. The van der Waals surface area contributed by atoms with Crippen LogP contribution in [0, 0.1) is 3.57 Å². The van der Waals surface area contributed by atoms with Gasteiger partial charge in [0.1, 0.15) is 5.75 Å². The molecular formula is C12H15F3INO2. The molecule has 1 aromatic rings. The van der Waals surface area contributed by atoms with Gasteiger partial charge in [-0.25, -0.2) is 0 Å². The van der Waals surface area contributed by atoms with Crippen LogP contribution in [-0.2, 0) is 11.2 Å². The molecule has 0 saturated heterocycles. The van der Waals surface area contributed by atoms with Crippen LogP contribution in [-0.4, -0.2) is 19.2 Å². The van der Waals surface area contributed by atoms with E-state index in [1.54, 1.807) is 7.11 Å². The van der Waals surface area contributed by atoms with Gasteiger partial charge in [-0.15, -0.1) is 0 Å². The van der Waals surface area contributed by atoms with Gasteiger partial charge in [0.25, 0.3) is 0 Å². The van der Waals surface area contributed by atoms with Gasteiger partial charge in [-0.05, 0) is 52.8 Å². The zero-order valence-corrected chi connectivity index (χ0v) is 12.7. The maximum atomic E-state index is 10.7. The number of benzene rings is 1. The second-order valence-corrected chi connectivity index (χ2v) is 4.73. The van der Waals surface area contributed by atoms with Crippen LogP contribution < -0.4 is 10.5 Å². The fourth-order valence-corrected chi connectivity index (χ4v) is 1.74. The third-order valence-corrected chi connectivity index (χ3v) is 3.10. The number of ether oxygens (including phenoxy) is 1. The number of methoxy groups -OCH3 is 1. The fraction of sp³-hybridized carbons (Fsp3) is 0.417.